The number of ether oxygens (including phenoxy) is 3. The molecule has 2 rings (SSSR count). The molecule has 2 aromatic rings. The number of esters is 2. The van der Waals surface area contributed by atoms with Crippen molar-refractivity contribution in [1.82, 2.24) is 0 Å². The zero-order chi connectivity index (χ0) is 33.9. The number of hydrogen-bond acceptors (Lipinski definition) is 10. The first-order valence-corrected chi connectivity index (χ1v) is 18.1. The molecular formula is C32H47O11PS. The van der Waals surface area contributed by atoms with E-state index < -0.39 is 83.4 Å². The van der Waals surface area contributed by atoms with Gasteiger partial charge in [0.05, 0.1) is 11.8 Å². The number of benzene rings is 2. The summed E-state index contributed by atoms with van der Waals surface area (Å²) in [5.41, 5.74) is 0.779. The van der Waals surface area contributed by atoms with Gasteiger partial charge in [0.2, 0.25) is 12.6 Å². The highest BCUT2D eigenvalue weighted by atomic mass is 32.2. The van der Waals surface area contributed by atoms with Gasteiger partial charge >= 0.3 is 19.5 Å². The van der Waals surface area contributed by atoms with E-state index in [1.54, 1.807) is 97.9 Å². The van der Waals surface area contributed by atoms with Crippen LogP contribution in [0.5, 0.6) is 5.75 Å². The van der Waals surface area contributed by atoms with Gasteiger partial charge in [-0.2, -0.15) is 8.42 Å². The van der Waals surface area contributed by atoms with Crippen LogP contribution >= 0.6 is 7.60 Å². The van der Waals surface area contributed by atoms with Crippen molar-refractivity contribution in [3.63, 3.8) is 0 Å². The average molecular weight is 671 g/mol. The molecule has 0 radical (unpaired) electrons. The third-order valence-electron chi connectivity index (χ3n) is 6.51. The second kappa shape index (κ2) is 17.2. The normalized spacial score (nSPS) is 16.2. The summed E-state index contributed by atoms with van der Waals surface area (Å²) < 4.78 is 80.5. The van der Waals surface area contributed by atoms with Crippen LogP contribution in [0.3, 0.4) is 0 Å². The molecule has 252 valence electrons. The Kier molecular flexibility index (Phi) is 14.7. The van der Waals surface area contributed by atoms with Gasteiger partial charge < -0.3 is 14.2 Å². The maximum absolute atomic E-state index is 14.9. The molecule has 0 saturated heterocycles. The maximum atomic E-state index is 14.9. The number of hydrogen-bond donors (Lipinski definition) is 1. The molecule has 11 nitrogen and oxygen atoms in total. The van der Waals surface area contributed by atoms with Crippen LogP contribution in [-0.2, 0) is 49.2 Å². The van der Waals surface area contributed by atoms with Crippen molar-refractivity contribution in [3.05, 3.63) is 66.2 Å². The van der Waals surface area contributed by atoms with Crippen molar-refractivity contribution in [2.75, 3.05) is 0 Å². The van der Waals surface area contributed by atoms with Gasteiger partial charge in [-0.3, -0.25) is 27.8 Å². The Morgan fingerprint density at radius 3 is 1.53 bits per heavy atom. The highest BCUT2D eigenvalue weighted by Gasteiger charge is 2.51. The lowest BCUT2D eigenvalue weighted by Gasteiger charge is -2.34. The molecule has 0 spiro atoms. The largest absolute Gasteiger partial charge is 0.490 e. The van der Waals surface area contributed by atoms with E-state index in [1.807, 2.05) is 18.2 Å². The second-order valence-corrected chi connectivity index (χ2v) is 16.2. The van der Waals surface area contributed by atoms with Gasteiger partial charge in [0, 0.05) is 24.7 Å². The summed E-state index contributed by atoms with van der Waals surface area (Å²) in [6, 6.07) is 17.7. The summed E-state index contributed by atoms with van der Waals surface area (Å²) in [6.45, 7) is 12.8. The molecule has 0 aliphatic rings. The summed E-state index contributed by atoms with van der Waals surface area (Å²) in [4.78, 5) is 22.9. The molecule has 0 saturated carbocycles. The number of carbonyl (C=O) groups excluding carboxylic acids is 2. The first-order valence-electron chi connectivity index (χ1n) is 15.0. The SMILES string of the molecule is CC(C)C(=O)OC(OP(=O)(OC(OC(=O)C(C)C)C(C)C)C(CC(Cc1ccccc1)Oc1ccccc1)S(=O)(=O)O)C(C)C. The van der Waals surface area contributed by atoms with E-state index in [1.165, 1.54) is 0 Å². The minimum Gasteiger partial charge on any atom is -0.490 e. The first-order chi connectivity index (χ1) is 20.9. The Morgan fingerprint density at radius 1 is 0.733 bits per heavy atom. The minimum absolute atomic E-state index is 0.160. The Morgan fingerprint density at radius 2 is 1.16 bits per heavy atom. The highest BCUT2D eigenvalue weighted by Crippen LogP contribution is 2.59. The summed E-state index contributed by atoms with van der Waals surface area (Å²) in [5, 5.41) is 0. The van der Waals surface area contributed by atoms with Gasteiger partial charge in [-0.25, -0.2) is 0 Å². The van der Waals surface area contributed by atoms with Crippen molar-refractivity contribution >= 4 is 29.7 Å². The molecule has 0 aliphatic carbocycles. The highest BCUT2D eigenvalue weighted by molar-refractivity contribution is 7.94. The number of para-hydroxylation sites is 1. The lowest BCUT2D eigenvalue weighted by Crippen LogP contribution is -2.37. The van der Waals surface area contributed by atoms with E-state index in [-0.39, 0.29) is 6.42 Å². The molecule has 1 N–H and O–H groups in total. The molecule has 2 aromatic carbocycles. The Labute approximate surface area is 267 Å². The van der Waals surface area contributed by atoms with E-state index in [0.29, 0.717) is 5.75 Å². The third kappa shape index (κ3) is 12.5. The van der Waals surface area contributed by atoms with Crippen molar-refractivity contribution in [3.8, 4) is 5.75 Å². The van der Waals surface area contributed by atoms with Gasteiger partial charge in [0.15, 0.2) is 4.99 Å². The Bertz CT molecular complexity index is 1280. The van der Waals surface area contributed by atoms with Crippen LogP contribution in [0.15, 0.2) is 60.7 Å². The standard InChI is InChI=1S/C32H47O11PS/c1-21(2)29(33)40-31(23(5)6)42-44(35,43-32(24(7)8)41-30(34)22(3)4)28(45(36,37)38)20-27(19-25-15-11-9-12-16-25)39-26-17-13-10-14-18-26/h9-18,21-24,27-28,31-32H,19-20H2,1-8H3,(H,36,37,38). The van der Waals surface area contributed by atoms with Gasteiger partial charge in [-0.1, -0.05) is 104 Å². The predicted molar refractivity (Wildman–Crippen MR) is 170 cm³/mol. The molecule has 45 heavy (non-hydrogen) atoms. The van der Waals surface area contributed by atoms with Crippen LogP contribution in [0.25, 0.3) is 0 Å². The van der Waals surface area contributed by atoms with Crippen LogP contribution in [0.4, 0.5) is 0 Å². The van der Waals surface area contributed by atoms with E-state index in [4.69, 9.17) is 23.3 Å². The summed E-state index contributed by atoms with van der Waals surface area (Å²) in [7, 11) is -10.3. The molecule has 4 unspecified atom stereocenters. The molecule has 4 atom stereocenters. The molecule has 0 aromatic heterocycles. The summed E-state index contributed by atoms with van der Waals surface area (Å²) in [5.74, 6) is -3.39. The van der Waals surface area contributed by atoms with Crippen LogP contribution in [0.1, 0.15) is 67.4 Å². The fraction of sp³-hybridized carbons (Fsp3) is 0.562. The number of rotatable bonds is 18. The Balaban J connectivity index is 2.67. The van der Waals surface area contributed by atoms with Gasteiger partial charge in [0.25, 0.3) is 10.1 Å². The topological polar surface area (TPSA) is 152 Å². The molecule has 0 fully saturated rings. The average Bonchev–Trinajstić information content (AvgIpc) is 2.95. The Hall–Kier alpha value is -2.76. The summed E-state index contributed by atoms with van der Waals surface area (Å²) >= 11 is 0. The predicted octanol–water partition coefficient (Wildman–Crippen LogP) is 6.87. The third-order valence-corrected chi connectivity index (χ3v) is 10.9. The monoisotopic (exact) mass is 670 g/mol. The fourth-order valence-corrected chi connectivity index (χ4v) is 7.92. The smallest absolute Gasteiger partial charge is 0.357 e. The van der Waals surface area contributed by atoms with Crippen molar-refractivity contribution in [2.24, 2.45) is 23.7 Å². The van der Waals surface area contributed by atoms with Crippen LogP contribution < -0.4 is 4.74 Å². The van der Waals surface area contributed by atoms with Crippen LogP contribution in [0, 0.1) is 23.7 Å². The lowest BCUT2D eigenvalue weighted by atomic mass is 10.1. The van der Waals surface area contributed by atoms with Crippen molar-refractivity contribution < 1.29 is 50.4 Å². The van der Waals surface area contributed by atoms with E-state index in [2.05, 4.69) is 0 Å². The summed E-state index contributed by atoms with van der Waals surface area (Å²) in [6.07, 6.45) is -4.44. The van der Waals surface area contributed by atoms with Crippen LogP contribution in [-0.4, -0.2) is 48.6 Å². The lowest BCUT2D eigenvalue weighted by molar-refractivity contribution is -0.183. The fourth-order valence-electron chi connectivity index (χ4n) is 3.89. The van der Waals surface area contributed by atoms with Gasteiger partial charge in [0.1, 0.15) is 11.9 Å². The van der Waals surface area contributed by atoms with Gasteiger partial charge in [-0.15, -0.1) is 0 Å². The first kappa shape index (κ1) is 38.4. The molecule has 0 amide bonds. The van der Waals surface area contributed by atoms with Gasteiger partial charge in [-0.05, 0) is 17.7 Å². The second-order valence-electron chi connectivity index (χ2n) is 12.1. The van der Waals surface area contributed by atoms with Crippen molar-refractivity contribution in [1.29, 1.82) is 0 Å². The quantitative estimate of drug-likeness (QED) is 0.0765. The molecule has 13 heteroatoms. The number of carbonyl (C=O) groups is 2. The maximum Gasteiger partial charge on any atom is 0.357 e. The van der Waals surface area contributed by atoms with Crippen LogP contribution in [0.2, 0.25) is 0 Å². The zero-order valence-electron chi connectivity index (χ0n) is 27.2. The van der Waals surface area contributed by atoms with E-state index in [0.717, 1.165) is 5.56 Å². The molecule has 0 heterocycles. The van der Waals surface area contributed by atoms with E-state index >= 15 is 0 Å². The molecule has 0 bridgehead atoms. The molecule has 0 aliphatic heterocycles. The van der Waals surface area contributed by atoms with E-state index in [9.17, 15) is 27.1 Å². The van der Waals surface area contributed by atoms with Crippen molar-refractivity contribution in [2.45, 2.75) is 91.9 Å². The molecular weight excluding hydrogens is 623 g/mol. The minimum atomic E-state index is -5.21. The zero-order valence-corrected chi connectivity index (χ0v) is 28.9.